The third kappa shape index (κ3) is 10.7. The van der Waals surface area contributed by atoms with Crippen molar-refractivity contribution in [3.8, 4) is 0 Å². The number of rotatable bonds is 1. The van der Waals surface area contributed by atoms with Gasteiger partial charge in [-0.25, -0.2) is 0 Å². The van der Waals surface area contributed by atoms with Crippen molar-refractivity contribution in [1.82, 2.24) is 0 Å². The molecule has 7 heavy (non-hydrogen) atoms. The Morgan fingerprint density at radius 2 is 2.14 bits per heavy atom. The van der Waals surface area contributed by atoms with Crippen LogP contribution in [-0.4, -0.2) is 12.6 Å². The first-order chi connectivity index (χ1) is 2.77. The van der Waals surface area contributed by atoms with E-state index in [4.69, 9.17) is 0 Å². The topological polar surface area (TPSA) is 26.3 Å². The maximum absolute atomic E-state index is 9.82. The van der Waals surface area contributed by atoms with Gasteiger partial charge in [-0.05, 0) is 6.92 Å². The molecule has 0 aliphatic rings. The SMILES string of the molecule is CCOC(C)=O.[Cu+2]. The predicted molar refractivity (Wildman–Crippen MR) is 22.3 cm³/mol. The van der Waals surface area contributed by atoms with Crippen molar-refractivity contribution in [1.29, 1.82) is 0 Å². The first kappa shape index (κ1) is 10.1. The van der Waals surface area contributed by atoms with Crippen molar-refractivity contribution < 1.29 is 26.6 Å². The Hall–Kier alpha value is -0.0105. The molecule has 3 heteroatoms. The molecule has 0 heterocycles. The monoisotopic (exact) mass is 151 g/mol. The van der Waals surface area contributed by atoms with Crippen molar-refractivity contribution in [3.05, 3.63) is 0 Å². The fourth-order valence-corrected chi connectivity index (χ4v) is 0.203. The summed E-state index contributed by atoms with van der Waals surface area (Å²) in [7, 11) is 0. The van der Waals surface area contributed by atoms with Gasteiger partial charge in [0.1, 0.15) is 0 Å². The Labute approximate surface area is 53.7 Å². The van der Waals surface area contributed by atoms with Crippen LogP contribution >= 0.6 is 0 Å². The van der Waals surface area contributed by atoms with Crippen LogP contribution in [0.5, 0.6) is 0 Å². The minimum absolute atomic E-state index is 0. The Balaban J connectivity index is 0. The van der Waals surface area contributed by atoms with Gasteiger partial charge in [0.25, 0.3) is 0 Å². The van der Waals surface area contributed by atoms with Crippen LogP contribution in [0.15, 0.2) is 0 Å². The number of esters is 1. The molecule has 0 aromatic carbocycles. The van der Waals surface area contributed by atoms with Crippen LogP contribution in [0.4, 0.5) is 0 Å². The molecule has 0 aliphatic heterocycles. The van der Waals surface area contributed by atoms with Gasteiger partial charge in [-0.2, -0.15) is 0 Å². The number of carbonyl (C=O) groups excluding carboxylic acids is 1. The first-order valence-electron chi connectivity index (χ1n) is 1.90. The minimum atomic E-state index is -0.211. The third-order valence-electron chi connectivity index (χ3n) is 0.348. The van der Waals surface area contributed by atoms with E-state index in [1.807, 2.05) is 0 Å². The quantitative estimate of drug-likeness (QED) is 0.405. The van der Waals surface area contributed by atoms with Gasteiger partial charge in [-0.1, -0.05) is 0 Å². The van der Waals surface area contributed by atoms with Gasteiger partial charge < -0.3 is 4.74 Å². The van der Waals surface area contributed by atoms with Crippen molar-refractivity contribution >= 4 is 5.97 Å². The third-order valence-corrected chi connectivity index (χ3v) is 0.348. The van der Waals surface area contributed by atoms with E-state index >= 15 is 0 Å². The van der Waals surface area contributed by atoms with Crippen molar-refractivity contribution in [2.45, 2.75) is 13.8 Å². The summed E-state index contributed by atoms with van der Waals surface area (Å²) >= 11 is 0. The molecule has 0 aromatic rings. The van der Waals surface area contributed by atoms with Gasteiger partial charge in [0.15, 0.2) is 0 Å². The van der Waals surface area contributed by atoms with Crippen molar-refractivity contribution in [2.75, 3.05) is 6.61 Å². The van der Waals surface area contributed by atoms with Gasteiger partial charge >= 0.3 is 23.0 Å². The fraction of sp³-hybridized carbons (Fsp3) is 0.750. The molecule has 0 saturated heterocycles. The van der Waals surface area contributed by atoms with Crippen LogP contribution in [-0.2, 0) is 26.6 Å². The largest absolute Gasteiger partial charge is 2.00 e. The number of ether oxygens (including phenoxy) is 1. The average molecular weight is 152 g/mol. The summed E-state index contributed by atoms with van der Waals surface area (Å²) in [6.07, 6.45) is 0. The van der Waals surface area contributed by atoms with Gasteiger partial charge in [0, 0.05) is 6.92 Å². The van der Waals surface area contributed by atoms with E-state index in [-0.39, 0.29) is 23.0 Å². The van der Waals surface area contributed by atoms with E-state index in [9.17, 15) is 4.79 Å². The number of hydrogen-bond donors (Lipinski definition) is 0. The second-order valence-electron chi connectivity index (χ2n) is 0.925. The van der Waals surface area contributed by atoms with Crippen molar-refractivity contribution in [3.63, 3.8) is 0 Å². The number of hydrogen-bond acceptors (Lipinski definition) is 2. The normalized spacial score (nSPS) is 6.57. The summed E-state index contributed by atoms with van der Waals surface area (Å²) < 4.78 is 4.40. The molecular formula is C4H8CuO2+2. The summed E-state index contributed by atoms with van der Waals surface area (Å²) in [5, 5.41) is 0. The minimum Gasteiger partial charge on any atom is -0.466 e. The number of carbonyl (C=O) groups is 1. The molecular weight excluding hydrogens is 144 g/mol. The molecule has 0 unspecified atom stereocenters. The second kappa shape index (κ2) is 5.99. The smallest absolute Gasteiger partial charge is 0.466 e. The summed E-state index contributed by atoms with van der Waals surface area (Å²) in [6, 6.07) is 0. The van der Waals surface area contributed by atoms with Crippen molar-refractivity contribution in [2.24, 2.45) is 0 Å². The van der Waals surface area contributed by atoms with E-state index in [1.165, 1.54) is 6.92 Å². The zero-order chi connectivity index (χ0) is 4.99. The van der Waals surface area contributed by atoms with Crippen LogP contribution in [0.25, 0.3) is 0 Å². The molecule has 0 bridgehead atoms. The summed E-state index contributed by atoms with van der Waals surface area (Å²) in [4.78, 5) is 9.82. The second-order valence-corrected chi connectivity index (χ2v) is 0.925. The predicted octanol–water partition coefficient (Wildman–Crippen LogP) is 0.567. The Kier molecular flexibility index (Phi) is 8.62. The molecule has 1 radical (unpaired) electrons. The molecule has 2 nitrogen and oxygen atoms in total. The van der Waals surface area contributed by atoms with Crippen LogP contribution < -0.4 is 0 Å². The van der Waals surface area contributed by atoms with Crippen LogP contribution in [0.3, 0.4) is 0 Å². The summed E-state index contributed by atoms with van der Waals surface area (Å²) in [6.45, 7) is 3.65. The maximum atomic E-state index is 9.82. The van der Waals surface area contributed by atoms with E-state index in [0.29, 0.717) is 6.61 Å². The first-order valence-corrected chi connectivity index (χ1v) is 1.90. The van der Waals surface area contributed by atoms with Gasteiger partial charge in [-0.3, -0.25) is 4.79 Å². The van der Waals surface area contributed by atoms with Crippen LogP contribution in [0.1, 0.15) is 13.8 Å². The van der Waals surface area contributed by atoms with Gasteiger partial charge in [0.05, 0.1) is 6.61 Å². The zero-order valence-corrected chi connectivity index (χ0v) is 5.27. The summed E-state index contributed by atoms with van der Waals surface area (Å²) in [5.41, 5.74) is 0. The fourth-order valence-electron chi connectivity index (χ4n) is 0.203. The molecule has 0 saturated carbocycles. The van der Waals surface area contributed by atoms with E-state index in [2.05, 4.69) is 4.74 Å². The Morgan fingerprint density at radius 1 is 1.71 bits per heavy atom. The molecule has 0 N–H and O–H groups in total. The molecule has 0 amide bonds. The molecule has 0 fully saturated rings. The van der Waals surface area contributed by atoms with Crippen LogP contribution in [0.2, 0.25) is 0 Å². The average Bonchev–Trinajstić information content (AvgIpc) is 1.35. The molecule has 0 atom stereocenters. The molecule has 45 valence electrons. The van der Waals surface area contributed by atoms with E-state index in [0.717, 1.165) is 0 Å². The molecule has 0 aromatic heterocycles. The summed E-state index contributed by atoms with van der Waals surface area (Å²) in [5.74, 6) is -0.211. The zero-order valence-electron chi connectivity index (χ0n) is 4.33. The van der Waals surface area contributed by atoms with Gasteiger partial charge in [-0.15, -0.1) is 0 Å². The van der Waals surface area contributed by atoms with E-state index in [1.54, 1.807) is 6.92 Å². The standard InChI is InChI=1S/C4H8O2.Cu/c1-3-6-4(2)5;/h3H2,1-2H3;/q;+2. The molecule has 0 aliphatic carbocycles. The van der Waals surface area contributed by atoms with E-state index < -0.39 is 0 Å². The Morgan fingerprint density at radius 3 is 2.14 bits per heavy atom. The molecule has 0 spiro atoms. The van der Waals surface area contributed by atoms with Gasteiger partial charge in [0.2, 0.25) is 0 Å². The maximum Gasteiger partial charge on any atom is 2.00 e. The van der Waals surface area contributed by atoms with Crippen LogP contribution in [0, 0.1) is 0 Å². The Bertz CT molecular complexity index is 53.7. The molecule has 0 rings (SSSR count).